The van der Waals surface area contributed by atoms with E-state index in [1.54, 1.807) is 34.8 Å². The summed E-state index contributed by atoms with van der Waals surface area (Å²) in [6.45, 7) is 3.31. The second kappa shape index (κ2) is 10.2. The molecule has 174 valence electrons. The number of thiazole rings is 1. The Hall–Kier alpha value is -1.49. The first-order chi connectivity index (χ1) is 15.4. The van der Waals surface area contributed by atoms with Gasteiger partial charge < -0.3 is 10.1 Å². The number of rotatable bonds is 6. The number of hydrogen-bond donors (Lipinski definition) is 1. The van der Waals surface area contributed by atoms with Crippen LogP contribution in [0.5, 0.6) is 0 Å². The fourth-order valence-electron chi connectivity index (χ4n) is 4.41. The van der Waals surface area contributed by atoms with E-state index in [4.69, 9.17) is 4.74 Å². The standard InChI is InChI=1S/C22H28BrN3O4S2/c1-2-30-22(27)25-17-8-5-15(6-9-17)21-24-14-19(31-21)18-10-7-16(23)13-20(18)32(28,29)26-11-3-4-12-26/h7,10,13-15,17H,2-6,8-9,11-12H2,1H3,(H,25,27). The first-order valence-corrected chi connectivity index (χ1v) is 14.1. The topological polar surface area (TPSA) is 88.6 Å². The molecule has 1 saturated carbocycles. The van der Waals surface area contributed by atoms with Gasteiger partial charge in [-0.1, -0.05) is 22.0 Å². The maximum absolute atomic E-state index is 13.3. The lowest BCUT2D eigenvalue weighted by Crippen LogP contribution is -2.37. The van der Waals surface area contributed by atoms with Crippen LogP contribution in [0.3, 0.4) is 0 Å². The minimum absolute atomic E-state index is 0.133. The number of alkyl carbamates (subject to hydrolysis) is 1. The Morgan fingerprint density at radius 1 is 1.25 bits per heavy atom. The van der Waals surface area contributed by atoms with Crippen LogP contribution in [0.25, 0.3) is 10.4 Å². The lowest BCUT2D eigenvalue weighted by molar-refractivity contribution is 0.144. The number of halogens is 1. The van der Waals surface area contributed by atoms with Gasteiger partial charge in [-0.3, -0.25) is 0 Å². The van der Waals surface area contributed by atoms with Gasteiger partial charge in [-0.2, -0.15) is 4.31 Å². The summed E-state index contributed by atoms with van der Waals surface area (Å²) in [6, 6.07) is 5.58. The molecular formula is C22H28BrN3O4S2. The molecule has 2 aromatic rings. The van der Waals surface area contributed by atoms with E-state index in [0.29, 0.717) is 36.1 Å². The van der Waals surface area contributed by atoms with Gasteiger partial charge in [-0.25, -0.2) is 18.2 Å². The molecule has 2 heterocycles. The molecule has 0 radical (unpaired) electrons. The Balaban J connectivity index is 1.51. The molecule has 0 atom stereocenters. The summed E-state index contributed by atoms with van der Waals surface area (Å²) in [5, 5.41) is 3.95. The molecule has 1 aromatic heterocycles. The van der Waals surface area contributed by atoms with Gasteiger partial charge in [0.2, 0.25) is 10.0 Å². The van der Waals surface area contributed by atoms with Crippen LogP contribution >= 0.6 is 27.3 Å². The zero-order valence-corrected chi connectivity index (χ0v) is 21.3. The highest BCUT2D eigenvalue weighted by Gasteiger charge is 2.31. The normalized spacial score (nSPS) is 22.1. The molecule has 2 aliphatic rings. The van der Waals surface area contributed by atoms with Crippen molar-refractivity contribution in [3.05, 3.63) is 33.9 Å². The van der Waals surface area contributed by atoms with Crippen molar-refractivity contribution in [3.63, 3.8) is 0 Å². The fraction of sp³-hybridized carbons (Fsp3) is 0.545. The van der Waals surface area contributed by atoms with Gasteiger partial charge in [0.05, 0.1) is 21.4 Å². The van der Waals surface area contributed by atoms with Crippen LogP contribution in [0.4, 0.5) is 4.79 Å². The van der Waals surface area contributed by atoms with Crippen molar-refractivity contribution >= 4 is 43.4 Å². The van der Waals surface area contributed by atoms with Crippen LogP contribution in [-0.4, -0.2) is 49.5 Å². The highest BCUT2D eigenvalue weighted by molar-refractivity contribution is 9.10. The molecule has 0 unspecified atom stereocenters. The van der Waals surface area contributed by atoms with Crippen LogP contribution < -0.4 is 5.32 Å². The highest BCUT2D eigenvalue weighted by atomic mass is 79.9. The number of ether oxygens (including phenoxy) is 1. The number of aromatic nitrogens is 1. The van der Waals surface area contributed by atoms with Crippen molar-refractivity contribution in [3.8, 4) is 10.4 Å². The molecule has 0 bridgehead atoms. The first-order valence-electron chi connectivity index (χ1n) is 11.1. The number of carbonyl (C=O) groups excluding carboxylic acids is 1. The molecule has 1 aromatic carbocycles. The van der Waals surface area contributed by atoms with Crippen LogP contribution in [0.1, 0.15) is 56.4 Å². The van der Waals surface area contributed by atoms with Crippen molar-refractivity contribution in [1.82, 2.24) is 14.6 Å². The molecule has 4 rings (SSSR count). The number of amides is 1. The molecule has 10 heteroatoms. The predicted octanol–water partition coefficient (Wildman–Crippen LogP) is 5.13. The maximum atomic E-state index is 13.3. The molecule has 1 N–H and O–H groups in total. The summed E-state index contributed by atoms with van der Waals surface area (Å²) < 4.78 is 33.9. The third-order valence-electron chi connectivity index (χ3n) is 6.09. The molecule has 7 nitrogen and oxygen atoms in total. The summed E-state index contributed by atoms with van der Waals surface area (Å²) >= 11 is 5.01. The van der Waals surface area contributed by atoms with Gasteiger partial charge in [0.25, 0.3) is 0 Å². The van der Waals surface area contributed by atoms with Gasteiger partial charge in [-0.15, -0.1) is 11.3 Å². The average molecular weight is 543 g/mol. The van der Waals surface area contributed by atoms with E-state index in [1.807, 2.05) is 12.1 Å². The van der Waals surface area contributed by atoms with E-state index < -0.39 is 10.0 Å². The monoisotopic (exact) mass is 541 g/mol. The number of benzene rings is 1. The Labute approximate surface area is 201 Å². The van der Waals surface area contributed by atoms with Crippen LogP contribution in [0.15, 0.2) is 33.8 Å². The molecule has 2 fully saturated rings. The summed E-state index contributed by atoms with van der Waals surface area (Å²) in [5.74, 6) is 0.322. The molecule has 1 amide bonds. The summed E-state index contributed by atoms with van der Waals surface area (Å²) in [6.07, 6.45) is 6.88. The van der Waals surface area contributed by atoms with Crippen LogP contribution in [-0.2, 0) is 14.8 Å². The lowest BCUT2D eigenvalue weighted by atomic mass is 9.86. The quantitative estimate of drug-likeness (QED) is 0.547. The second-order valence-electron chi connectivity index (χ2n) is 8.23. The smallest absolute Gasteiger partial charge is 0.407 e. The Bertz CT molecular complexity index is 1060. The van der Waals surface area contributed by atoms with E-state index in [2.05, 4.69) is 26.2 Å². The van der Waals surface area contributed by atoms with Gasteiger partial charge >= 0.3 is 6.09 Å². The van der Waals surface area contributed by atoms with Gasteiger partial charge in [0.15, 0.2) is 0 Å². The molecular weight excluding hydrogens is 514 g/mol. The van der Waals surface area contributed by atoms with Crippen molar-refractivity contribution in [1.29, 1.82) is 0 Å². The van der Waals surface area contributed by atoms with Crippen molar-refractivity contribution in [2.75, 3.05) is 19.7 Å². The van der Waals surface area contributed by atoms with E-state index >= 15 is 0 Å². The number of nitrogens with zero attached hydrogens (tertiary/aromatic N) is 2. The van der Waals surface area contributed by atoms with Gasteiger partial charge in [-0.05, 0) is 57.6 Å². The SMILES string of the molecule is CCOC(=O)NC1CCC(c2ncc(-c3ccc(Br)cc3S(=O)(=O)N3CCCC3)s2)CC1. The minimum Gasteiger partial charge on any atom is -0.450 e. The zero-order chi connectivity index (χ0) is 22.7. The first kappa shape index (κ1) is 23.7. The summed E-state index contributed by atoms with van der Waals surface area (Å²) in [4.78, 5) is 17.5. The summed E-state index contributed by atoms with van der Waals surface area (Å²) in [7, 11) is -3.55. The molecule has 1 aliphatic heterocycles. The Kier molecular flexibility index (Phi) is 7.54. The van der Waals surface area contributed by atoms with Crippen molar-refractivity contribution in [2.24, 2.45) is 0 Å². The van der Waals surface area contributed by atoms with E-state index in [9.17, 15) is 13.2 Å². The van der Waals surface area contributed by atoms with E-state index in [0.717, 1.165) is 52.9 Å². The molecule has 32 heavy (non-hydrogen) atoms. The minimum atomic E-state index is -3.55. The number of nitrogens with one attached hydrogen (secondary N) is 1. The fourth-order valence-corrected chi connectivity index (χ4v) is 7.86. The third kappa shape index (κ3) is 5.18. The Morgan fingerprint density at radius 3 is 2.66 bits per heavy atom. The molecule has 1 saturated heterocycles. The summed E-state index contributed by atoms with van der Waals surface area (Å²) in [5.41, 5.74) is 0.710. The highest BCUT2D eigenvalue weighted by Crippen LogP contribution is 2.40. The van der Waals surface area contributed by atoms with E-state index in [1.165, 1.54) is 0 Å². The number of carbonyl (C=O) groups is 1. The van der Waals surface area contributed by atoms with Gasteiger partial charge in [0, 0.05) is 41.3 Å². The average Bonchev–Trinajstić information content (AvgIpc) is 3.47. The second-order valence-corrected chi connectivity index (χ2v) is 12.1. The van der Waals surface area contributed by atoms with Crippen molar-refractivity contribution in [2.45, 2.75) is 62.3 Å². The maximum Gasteiger partial charge on any atom is 0.407 e. The largest absolute Gasteiger partial charge is 0.450 e. The van der Waals surface area contributed by atoms with Crippen molar-refractivity contribution < 1.29 is 17.9 Å². The zero-order valence-electron chi connectivity index (χ0n) is 18.0. The lowest BCUT2D eigenvalue weighted by Gasteiger charge is -2.27. The molecule has 0 spiro atoms. The third-order valence-corrected chi connectivity index (χ3v) is 9.71. The van der Waals surface area contributed by atoms with E-state index in [-0.39, 0.29) is 12.1 Å². The van der Waals surface area contributed by atoms with Gasteiger partial charge in [0.1, 0.15) is 0 Å². The number of sulfonamides is 1. The predicted molar refractivity (Wildman–Crippen MR) is 128 cm³/mol. The number of hydrogen-bond acceptors (Lipinski definition) is 6. The molecule has 1 aliphatic carbocycles. The van der Waals surface area contributed by atoms with Crippen LogP contribution in [0, 0.1) is 0 Å². The van der Waals surface area contributed by atoms with Crippen LogP contribution in [0.2, 0.25) is 0 Å². The Morgan fingerprint density at radius 2 is 1.97 bits per heavy atom.